The number of carbonyl (C=O) groups excluding carboxylic acids is 1. The maximum atomic E-state index is 12.1. The SMILES string of the molecule is COCC1(C(N)=O)CCCN1Cc1nncn1-c1ccccc1. The summed E-state index contributed by atoms with van der Waals surface area (Å²) < 4.78 is 7.20. The van der Waals surface area contributed by atoms with Gasteiger partial charge in [0.25, 0.3) is 0 Å². The molecule has 122 valence electrons. The molecule has 1 aliphatic heterocycles. The van der Waals surface area contributed by atoms with Gasteiger partial charge in [0.05, 0.1) is 13.2 Å². The van der Waals surface area contributed by atoms with E-state index in [2.05, 4.69) is 15.1 Å². The predicted molar refractivity (Wildman–Crippen MR) is 84.8 cm³/mol. The number of likely N-dealkylation sites (tertiary alicyclic amines) is 1. The second kappa shape index (κ2) is 6.47. The molecule has 1 fully saturated rings. The van der Waals surface area contributed by atoms with Crippen molar-refractivity contribution in [2.24, 2.45) is 5.73 Å². The summed E-state index contributed by atoms with van der Waals surface area (Å²) in [6, 6.07) is 9.88. The molecule has 1 saturated heterocycles. The molecule has 23 heavy (non-hydrogen) atoms. The Kier molecular flexibility index (Phi) is 4.40. The molecule has 2 aromatic rings. The molecule has 0 spiro atoms. The van der Waals surface area contributed by atoms with Crippen molar-refractivity contribution < 1.29 is 9.53 Å². The van der Waals surface area contributed by atoms with Crippen LogP contribution in [0.3, 0.4) is 0 Å². The number of hydrogen-bond acceptors (Lipinski definition) is 5. The molecule has 1 aromatic carbocycles. The van der Waals surface area contributed by atoms with Crippen molar-refractivity contribution >= 4 is 5.91 Å². The third kappa shape index (κ3) is 2.85. The highest BCUT2D eigenvalue weighted by molar-refractivity contribution is 5.85. The Morgan fingerprint density at radius 3 is 2.87 bits per heavy atom. The molecule has 3 rings (SSSR count). The Bertz CT molecular complexity index is 672. The highest BCUT2D eigenvalue weighted by Gasteiger charge is 2.46. The predicted octanol–water partition coefficient (Wildman–Crippen LogP) is 0.734. The number of amides is 1. The third-order valence-electron chi connectivity index (χ3n) is 4.45. The van der Waals surface area contributed by atoms with Crippen LogP contribution in [0, 0.1) is 0 Å². The maximum Gasteiger partial charge on any atom is 0.240 e. The summed E-state index contributed by atoms with van der Waals surface area (Å²) in [5.74, 6) is 0.433. The Balaban J connectivity index is 1.88. The van der Waals surface area contributed by atoms with Crippen LogP contribution in [-0.2, 0) is 16.1 Å². The fourth-order valence-electron chi connectivity index (χ4n) is 3.26. The van der Waals surface area contributed by atoms with Crippen LogP contribution in [0.2, 0.25) is 0 Å². The van der Waals surface area contributed by atoms with E-state index in [0.29, 0.717) is 19.6 Å². The molecule has 1 aromatic heterocycles. The van der Waals surface area contributed by atoms with Crippen molar-refractivity contribution in [3.8, 4) is 5.69 Å². The second-order valence-corrected chi connectivity index (χ2v) is 5.81. The lowest BCUT2D eigenvalue weighted by atomic mass is 9.96. The van der Waals surface area contributed by atoms with Gasteiger partial charge < -0.3 is 10.5 Å². The molecule has 2 heterocycles. The first-order valence-corrected chi connectivity index (χ1v) is 7.65. The van der Waals surface area contributed by atoms with E-state index in [1.807, 2.05) is 34.9 Å². The molecule has 7 heteroatoms. The van der Waals surface area contributed by atoms with Crippen molar-refractivity contribution in [2.45, 2.75) is 24.9 Å². The van der Waals surface area contributed by atoms with E-state index in [-0.39, 0.29) is 5.91 Å². The summed E-state index contributed by atoms with van der Waals surface area (Å²) in [4.78, 5) is 14.1. The number of nitrogens with two attached hydrogens (primary N) is 1. The van der Waals surface area contributed by atoms with E-state index >= 15 is 0 Å². The molecule has 1 unspecified atom stereocenters. The summed E-state index contributed by atoms with van der Waals surface area (Å²) in [5.41, 5.74) is 5.91. The van der Waals surface area contributed by atoms with E-state index in [1.54, 1.807) is 13.4 Å². The zero-order valence-corrected chi connectivity index (χ0v) is 13.2. The Hall–Kier alpha value is -2.25. The van der Waals surface area contributed by atoms with Crippen LogP contribution in [0.4, 0.5) is 0 Å². The zero-order valence-electron chi connectivity index (χ0n) is 13.2. The minimum absolute atomic E-state index is 0.293. The molecule has 1 amide bonds. The smallest absolute Gasteiger partial charge is 0.240 e. The number of aromatic nitrogens is 3. The third-order valence-corrected chi connectivity index (χ3v) is 4.45. The van der Waals surface area contributed by atoms with E-state index in [1.165, 1.54) is 0 Å². The molecule has 0 radical (unpaired) electrons. The molecular weight excluding hydrogens is 294 g/mol. The Morgan fingerprint density at radius 2 is 2.17 bits per heavy atom. The summed E-state index contributed by atoms with van der Waals surface area (Å²) >= 11 is 0. The van der Waals surface area contributed by atoms with Crippen molar-refractivity contribution in [1.29, 1.82) is 0 Å². The van der Waals surface area contributed by atoms with Gasteiger partial charge in [-0.3, -0.25) is 14.3 Å². The van der Waals surface area contributed by atoms with Gasteiger partial charge in [-0.25, -0.2) is 0 Å². The zero-order chi connectivity index (χ0) is 16.3. The molecule has 2 N–H and O–H groups in total. The van der Waals surface area contributed by atoms with Crippen LogP contribution in [0.5, 0.6) is 0 Å². The lowest BCUT2D eigenvalue weighted by Gasteiger charge is -2.34. The van der Waals surface area contributed by atoms with Crippen LogP contribution < -0.4 is 5.73 Å². The fraction of sp³-hybridized carbons (Fsp3) is 0.438. The lowest BCUT2D eigenvalue weighted by Crippen LogP contribution is -2.56. The van der Waals surface area contributed by atoms with E-state index in [0.717, 1.165) is 24.5 Å². The minimum Gasteiger partial charge on any atom is -0.382 e. The van der Waals surface area contributed by atoms with E-state index < -0.39 is 5.54 Å². The van der Waals surface area contributed by atoms with Gasteiger partial charge in [0.15, 0.2) is 5.82 Å². The first-order chi connectivity index (χ1) is 11.2. The molecule has 0 aliphatic carbocycles. The number of primary amides is 1. The van der Waals surface area contributed by atoms with Crippen molar-refractivity contribution in [3.05, 3.63) is 42.5 Å². The first kappa shape index (κ1) is 15.6. The second-order valence-electron chi connectivity index (χ2n) is 5.81. The topological polar surface area (TPSA) is 86.3 Å². The number of benzene rings is 1. The van der Waals surface area contributed by atoms with Crippen LogP contribution in [0.1, 0.15) is 18.7 Å². The molecule has 0 saturated carbocycles. The average Bonchev–Trinajstić information content (AvgIpc) is 3.17. The standard InChI is InChI=1S/C16H21N5O2/c1-23-11-16(15(17)22)8-5-9-20(16)10-14-19-18-12-21(14)13-6-3-2-4-7-13/h2-4,6-7,12H,5,8-11H2,1H3,(H2,17,22). The van der Waals surface area contributed by atoms with Gasteiger partial charge >= 0.3 is 0 Å². The van der Waals surface area contributed by atoms with Crippen LogP contribution in [-0.4, -0.2) is 51.4 Å². The number of ether oxygens (including phenoxy) is 1. The summed E-state index contributed by atoms with van der Waals surface area (Å²) in [7, 11) is 1.59. The lowest BCUT2D eigenvalue weighted by molar-refractivity contribution is -0.132. The number of nitrogens with zero attached hydrogens (tertiary/aromatic N) is 4. The summed E-state index contributed by atoms with van der Waals surface area (Å²) in [6.45, 7) is 1.58. The van der Waals surface area contributed by atoms with Crippen molar-refractivity contribution in [3.63, 3.8) is 0 Å². The summed E-state index contributed by atoms with van der Waals surface area (Å²) in [5, 5.41) is 8.24. The van der Waals surface area contributed by atoms with Gasteiger partial charge in [0, 0.05) is 12.8 Å². The van der Waals surface area contributed by atoms with Gasteiger partial charge in [-0.15, -0.1) is 10.2 Å². The molecular formula is C16H21N5O2. The normalized spacial score (nSPS) is 21.6. The molecule has 1 atom stereocenters. The van der Waals surface area contributed by atoms with Crippen LogP contribution in [0.25, 0.3) is 5.69 Å². The quantitative estimate of drug-likeness (QED) is 0.849. The van der Waals surface area contributed by atoms with E-state index in [4.69, 9.17) is 10.5 Å². The number of hydrogen-bond donors (Lipinski definition) is 1. The monoisotopic (exact) mass is 315 g/mol. The molecule has 7 nitrogen and oxygen atoms in total. The molecule has 1 aliphatic rings. The maximum absolute atomic E-state index is 12.1. The fourth-order valence-corrected chi connectivity index (χ4v) is 3.26. The van der Waals surface area contributed by atoms with Gasteiger partial charge in [0.2, 0.25) is 5.91 Å². The van der Waals surface area contributed by atoms with Gasteiger partial charge in [0.1, 0.15) is 11.9 Å². The van der Waals surface area contributed by atoms with Crippen LogP contribution >= 0.6 is 0 Å². The minimum atomic E-state index is -0.762. The van der Waals surface area contributed by atoms with Crippen molar-refractivity contribution in [2.75, 3.05) is 20.3 Å². The highest BCUT2D eigenvalue weighted by Crippen LogP contribution is 2.31. The Morgan fingerprint density at radius 1 is 1.39 bits per heavy atom. The number of para-hydroxylation sites is 1. The Labute approximate surface area is 135 Å². The highest BCUT2D eigenvalue weighted by atomic mass is 16.5. The largest absolute Gasteiger partial charge is 0.382 e. The average molecular weight is 315 g/mol. The van der Waals surface area contributed by atoms with E-state index in [9.17, 15) is 4.79 Å². The van der Waals surface area contributed by atoms with Crippen molar-refractivity contribution in [1.82, 2.24) is 19.7 Å². The van der Waals surface area contributed by atoms with Gasteiger partial charge in [-0.05, 0) is 31.5 Å². The first-order valence-electron chi connectivity index (χ1n) is 7.65. The number of carbonyl (C=O) groups is 1. The molecule has 0 bridgehead atoms. The summed E-state index contributed by atoms with van der Waals surface area (Å²) in [6.07, 6.45) is 3.30. The number of rotatable bonds is 6. The number of methoxy groups -OCH3 is 1. The van der Waals surface area contributed by atoms with Crippen LogP contribution in [0.15, 0.2) is 36.7 Å². The van der Waals surface area contributed by atoms with Gasteiger partial charge in [-0.1, -0.05) is 18.2 Å². The van der Waals surface area contributed by atoms with Gasteiger partial charge in [-0.2, -0.15) is 0 Å².